The van der Waals surface area contributed by atoms with Gasteiger partial charge in [0.2, 0.25) is 0 Å². The molecule has 0 aliphatic heterocycles. The van der Waals surface area contributed by atoms with Crippen LogP contribution in [0.15, 0.2) is 18.2 Å². The summed E-state index contributed by atoms with van der Waals surface area (Å²) in [6.45, 7) is 4.99. The Kier molecular flexibility index (Phi) is 17.3. The monoisotopic (exact) mass is 464 g/mol. The van der Waals surface area contributed by atoms with Gasteiger partial charge >= 0.3 is 11.9 Å². The van der Waals surface area contributed by atoms with E-state index in [1.165, 1.54) is 76.3 Å². The number of rotatable bonds is 20. The van der Waals surface area contributed by atoms with Crippen LogP contribution in [0, 0.1) is 5.82 Å². The predicted molar refractivity (Wildman–Crippen MR) is 132 cm³/mol. The van der Waals surface area contributed by atoms with Gasteiger partial charge in [-0.15, -0.1) is 0 Å². The fourth-order valence-corrected chi connectivity index (χ4v) is 3.82. The fraction of sp³-hybridized carbons (Fsp3) is 0.714. The van der Waals surface area contributed by atoms with Gasteiger partial charge in [0.1, 0.15) is 5.82 Å². The summed E-state index contributed by atoms with van der Waals surface area (Å²) in [7, 11) is 0. The molecule has 0 heterocycles. The van der Waals surface area contributed by atoms with Crippen LogP contribution in [0.5, 0.6) is 0 Å². The molecule has 0 aliphatic carbocycles. The van der Waals surface area contributed by atoms with Crippen molar-refractivity contribution < 1.29 is 23.5 Å². The predicted octanol–water partition coefficient (Wildman–Crippen LogP) is 8.42. The molecule has 0 aliphatic rings. The van der Waals surface area contributed by atoms with Crippen molar-refractivity contribution in [3.05, 3.63) is 35.1 Å². The first-order valence-corrected chi connectivity index (χ1v) is 13.2. The Bertz CT molecular complexity index is 659. The van der Waals surface area contributed by atoms with Gasteiger partial charge in [-0.05, 0) is 31.0 Å². The van der Waals surface area contributed by atoms with Gasteiger partial charge in [-0.2, -0.15) is 0 Å². The second kappa shape index (κ2) is 19.5. The molecule has 0 saturated heterocycles. The molecular formula is C28H45FO4. The summed E-state index contributed by atoms with van der Waals surface area (Å²) in [4.78, 5) is 24.9. The summed E-state index contributed by atoms with van der Waals surface area (Å²) in [5.74, 6) is -1.85. The topological polar surface area (TPSA) is 52.6 Å². The van der Waals surface area contributed by atoms with Gasteiger partial charge in [0.25, 0.3) is 0 Å². The van der Waals surface area contributed by atoms with Gasteiger partial charge < -0.3 is 9.47 Å². The molecule has 0 N–H and O–H groups in total. The number of carbonyl (C=O) groups excluding carboxylic acids is 2. The van der Waals surface area contributed by atoms with Crippen LogP contribution in [0.4, 0.5) is 4.39 Å². The van der Waals surface area contributed by atoms with Crippen molar-refractivity contribution in [2.24, 2.45) is 0 Å². The average molecular weight is 465 g/mol. The molecule has 0 unspecified atom stereocenters. The number of ether oxygens (including phenoxy) is 2. The van der Waals surface area contributed by atoms with Crippen molar-refractivity contribution in [2.75, 3.05) is 13.2 Å². The number of hydrogen-bond acceptors (Lipinski definition) is 4. The van der Waals surface area contributed by atoms with Gasteiger partial charge in [0.05, 0.1) is 24.3 Å². The minimum absolute atomic E-state index is 0.0597. The van der Waals surface area contributed by atoms with Crippen LogP contribution in [0.1, 0.15) is 137 Å². The number of halogens is 1. The lowest BCUT2D eigenvalue weighted by Crippen LogP contribution is -2.15. The van der Waals surface area contributed by atoms with E-state index in [1.807, 2.05) is 0 Å². The SMILES string of the molecule is CCCCCCCCCCOC(=O)c1ccc(F)cc1C(=O)OCCCCCCCCCC. The van der Waals surface area contributed by atoms with Gasteiger partial charge in [-0.25, -0.2) is 14.0 Å². The Morgan fingerprint density at radius 1 is 0.606 bits per heavy atom. The summed E-state index contributed by atoms with van der Waals surface area (Å²) in [6.07, 6.45) is 18.4. The zero-order chi connectivity index (χ0) is 24.2. The first-order chi connectivity index (χ1) is 16.1. The smallest absolute Gasteiger partial charge is 0.339 e. The molecule has 1 aromatic rings. The third kappa shape index (κ3) is 14.1. The maximum Gasteiger partial charge on any atom is 0.339 e. The van der Waals surface area contributed by atoms with Gasteiger partial charge in [0.15, 0.2) is 0 Å². The molecule has 5 heteroatoms. The van der Waals surface area contributed by atoms with Crippen molar-refractivity contribution in [1.29, 1.82) is 0 Å². The van der Waals surface area contributed by atoms with E-state index in [4.69, 9.17) is 9.47 Å². The molecule has 0 radical (unpaired) electrons. The molecule has 33 heavy (non-hydrogen) atoms. The number of esters is 2. The third-order valence-corrected chi connectivity index (χ3v) is 5.88. The molecule has 1 rings (SSSR count). The number of carbonyl (C=O) groups is 2. The molecule has 0 fully saturated rings. The Morgan fingerprint density at radius 3 is 1.45 bits per heavy atom. The zero-order valence-corrected chi connectivity index (χ0v) is 21.0. The summed E-state index contributed by atoms with van der Waals surface area (Å²) in [5, 5.41) is 0. The Balaban J connectivity index is 2.32. The van der Waals surface area contributed by atoms with E-state index in [-0.39, 0.29) is 17.7 Å². The lowest BCUT2D eigenvalue weighted by molar-refractivity contribution is 0.0450. The van der Waals surface area contributed by atoms with E-state index in [0.717, 1.165) is 44.6 Å². The van der Waals surface area contributed by atoms with E-state index in [9.17, 15) is 14.0 Å². The van der Waals surface area contributed by atoms with Crippen molar-refractivity contribution in [3.63, 3.8) is 0 Å². The Morgan fingerprint density at radius 2 is 1.00 bits per heavy atom. The molecule has 1 aromatic carbocycles. The van der Waals surface area contributed by atoms with Crippen LogP contribution in [-0.2, 0) is 9.47 Å². The normalized spacial score (nSPS) is 10.9. The van der Waals surface area contributed by atoms with Gasteiger partial charge in [-0.1, -0.05) is 104 Å². The molecule has 188 valence electrons. The molecule has 0 atom stereocenters. The standard InChI is InChI=1S/C28H45FO4/c1-3-5-7-9-11-13-15-17-21-32-27(30)25-20-19-24(29)23-26(25)28(31)33-22-18-16-14-12-10-8-6-4-2/h19-20,23H,3-18,21-22H2,1-2H3. The zero-order valence-electron chi connectivity index (χ0n) is 21.0. The average Bonchev–Trinajstić information content (AvgIpc) is 2.81. The van der Waals surface area contributed by atoms with E-state index in [0.29, 0.717) is 6.61 Å². The lowest BCUT2D eigenvalue weighted by Gasteiger charge is -2.10. The van der Waals surface area contributed by atoms with E-state index in [1.54, 1.807) is 0 Å². The van der Waals surface area contributed by atoms with Crippen LogP contribution < -0.4 is 0 Å². The summed E-state index contributed by atoms with van der Waals surface area (Å²) >= 11 is 0. The second-order valence-electron chi connectivity index (χ2n) is 8.91. The van der Waals surface area contributed by atoms with Gasteiger partial charge in [0, 0.05) is 0 Å². The first kappa shape index (κ1) is 29.1. The van der Waals surface area contributed by atoms with E-state index >= 15 is 0 Å². The number of unbranched alkanes of at least 4 members (excludes halogenated alkanes) is 14. The fourth-order valence-electron chi connectivity index (χ4n) is 3.82. The summed E-state index contributed by atoms with van der Waals surface area (Å²) in [5.41, 5.74) is 0.00683. The van der Waals surface area contributed by atoms with E-state index < -0.39 is 17.8 Å². The van der Waals surface area contributed by atoms with E-state index in [2.05, 4.69) is 13.8 Å². The van der Waals surface area contributed by atoms with Crippen LogP contribution in [0.3, 0.4) is 0 Å². The Labute approximate surface area is 200 Å². The molecule has 4 nitrogen and oxygen atoms in total. The minimum Gasteiger partial charge on any atom is -0.462 e. The Hall–Kier alpha value is -1.91. The molecular weight excluding hydrogens is 419 g/mol. The quantitative estimate of drug-likeness (QED) is 0.143. The first-order valence-electron chi connectivity index (χ1n) is 13.2. The van der Waals surface area contributed by atoms with Crippen LogP contribution in [0.25, 0.3) is 0 Å². The second-order valence-corrected chi connectivity index (χ2v) is 8.91. The maximum atomic E-state index is 13.7. The van der Waals surface area contributed by atoms with Crippen LogP contribution in [-0.4, -0.2) is 25.2 Å². The summed E-state index contributed by atoms with van der Waals surface area (Å²) in [6, 6.07) is 3.53. The van der Waals surface area contributed by atoms with Crippen molar-refractivity contribution >= 4 is 11.9 Å². The van der Waals surface area contributed by atoms with Gasteiger partial charge in [-0.3, -0.25) is 0 Å². The largest absolute Gasteiger partial charge is 0.462 e. The molecule has 0 aromatic heterocycles. The molecule has 0 bridgehead atoms. The third-order valence-electron chi connectivity index (χ3n) is 5.88. The maximum absolute atomic E-state index is 13.7. The highest BCUT2D eigenvalue weighted by atomic mass is 19.1. The van der Waals surface area contributed by atoms with Crippen LogP contribution in [0.2, 0.25) is 0 Å². The molecule has 0 amide bonds. The highest BCUT2D eigenvalue weighted by molar-refractivity contribution is 6.03. The molecule has 0 saturated carbocycles. The van der Waals surface area contributed by atoms with Crippen molar-refractivity contribution in [3.8, 4) is 0 Å². The number of hydrogen-bond donors (Lipinski definition) is 0. The van der Waals surface area contributed by atoms with Crippen molar-refractivity contribution in [1.82, 2.24) is 0 Å². The number of benzene rings is 1. The van der Waals surface area contributed by atoms with Crippen LogP contribution >= 0.6 is 0 Å². The van der Waals surface area contributed by atoms with Crippen molar-refractivity contribution in [2.45, 2.75) is 117 Å². The highest BCUT2D eigenvalue weighted by Crippen LogP contribution is 2.16. The highest BCUT2D eigenvalue weighted by Gasteiger charge is 2.20. The summed E-state index contributed by atoms with van der Waals surface area (Å²) < 4.78 is 24.4. The minimum atomic E-state index is -0.670. The molecule has 0 spiro atoms. The lowest BCUT2D eigenvalue weighted by atomic mass is 10.1.